The van der Waals surface area contributed by atoms with Crippen LogP contribution in [0, 0.1) is 5.92 Å². The second-order valence-electron chi connectivity index (χ2n) is 14.6. The summed E-state index contributed by atoms with van der Waals surface area (Å²) in [6.45, 7) is 2.44. The number of rotatable bonds is 7. The Morgan fingerprint density at radius 1 is 0.509 bits per heavy atom. The van der Waals surface area contributed by atoms with E-state index < -0.39 is 0 Å². The Balaban J connectivity index is 0.987. The maximum Gasteiger partial charge on any atom is 0.246 e. The summed E-state index contributed by atoms with van der Waals surface area (Å²) in [6.07, 6.45) is 7.26. The fraction of sp³-hybridized carbons (Fsp3) is 0.0588. The number of nitrogens with zero attached hydrogens (tertiary/aromatic N) is 2. The largest absolute Gasteiger partial charge is 0.436 e. The van der Waals surface area contributed by atoms with E-state index in [1.807, 2.05) is 30.3 Å². The molecule has 0 amide bonds. The zero-order chi connectivity index (χ0) is 36.7. The lowest BCUT2D eigenvalue weighted by molar-refractivity contribution is 0.633. The Bertz CT molecular complexity index is 2880. The summed E-state index contributed by atoms with van der Waals surface area (Å²) in [6, 6.07) is 62.8. The molecule has 0 saturated carbocycles. The van der Waals surface area contributed by atoms with Crippen molar-refractivity contribution in [2.45, 2.75) is 12.8 Å². The lowest BCUT2D eigenvalue weighted by Crippen LogP contribution is -2.44. The van der Waals surface area contributed by atoms with Gasteiger partial charge in [-0.25, -0.2) is 9.97 Å². The summed E-state index contributed by atoms with van der Waals surface area (Å²) in [4.78, 5) is 9.64. The van der Waals surface area contributed by atoms with E-state index in [1.54, 1.807) is 0 Å². The van der Waals surface area contributed by atoms with E-state index in [9.17, 15) is 0 Å². The first kappa shape index (κ1) is 32.8. The minimum atomic E-state index is 0.0937. The number of hydrogen-bond acceptors (Lipinski definition) is 3. The Labute approximate surface area is 321 Å². The van der Waals surface area contributed by atoms with Crippen LogP contribution in [0.15, 0.2) is 204 Å². The highest BCUT2D eigenvalue weighted by Crippen LogP contribution is 2.34. The van der Waals surface area contributed by atoms with Gasteiger partial charge in [-0.1, -0.05) is 193 Å². The molecule has 10 rings (SSSR count). The molecule has 0 radical (unpaired) electrons. The Kier molecular flexibility index (Phi) is 8.30. The molecule has 0 bridgehead atoms. The molecule has 1 aliphatic rings. The molecule has 0 spiro atoms. The highest BCUT2D eigenvalue weighted by Gasteiger charge is 2.28. The predicted octanol–water partition coefficient (Wildman–Crippen LogP) is 11.6. The van der Waals surface area contributed by atoms with Crippen LogP contribution in [0.25, 0.3) is 66.6 Å². The molecule has 55 heavy (non-hydrogen) atoms. The summed E-state index contributed by atoms with van der Waals surface area (Å²) in [5.74, 6) is 0.728. The zero-order valence-electron chi connectivity index (χ0n) is 30.5. The topological polar surface area (TPSA) is 38.9 Å². The molecule has 2 unspecified atom stereocenters. The number of aromatic nitrogens is 2. The van der Waals surface area contributed by atoms with Crippen LogP contribution in [0.4, 0.5) is 0 Å². The van der Waals surface area contributed by atoms with Crippen LogP contribution in [-0.4, -0.2) is 16.7 Å². The highest BCUT2D eigenvalue weighted by atomic mass is 16.3. The normalized spacial score (nSPS) is 15.4. The van der Waals surface area contributed by atoms with Crippen molar-refractivity contribution in [3.05, 3.63) is 205 Å². The van der Waals surface area contributed by atoms with Crippen molar-refractivity contribution < 1.29 is 4.42 Å². The molecular weight excluding hydrogens is 667 g/mol. The number of hydrogen-bond donors (Lipinski definition) is 0. The van der Waals surface area contributed by atoms with E-state index in [1.165, 1.54) is 44.2 Å². The molecule has 0 N–H and O–H groups in total. The average Bonchev–Trinajstić information content (AvgIpc) is 3.60. The minimum absolute atomic E-state index is 0.0937. The van der Waals surface area contributed by atoms with E-state index >= 15 is 0 Å². The van der Waals surface area contributed by atoms with Crippen LogP contribution >= 0.6 is 0 Å². The predicted molar refractivity (Wildman–Crippen MR) is 230 cm³/mol. The molecule has 0 aliphatic heterocycles. The van der Waals surface area contributed by atoms with Crippen molar-refractivity contribution in [2.75, 3.05) is 0 Å². The van der Waals surface area contributed by atoms with Crippen LogP contribution < -0.4 is 10.9 Å². The third-order valence-electron chi connectivity index (χ3n) is 11.1. The first-order valence-electron chi connectivity index (χ1n) is 19.0. The van der Waals surface area contributed by atoms with Gasteiger partial charge in [0.25, 0.3) is 0 Å². The van der Waals surface area contributed by atoms with Gasteiger partial charge in [-0.05, 0) is 69.1 Å². The Hall–Kier alpha value is -6.78. The van der Waals surface area contributed by atoms with Gasteiger partial charge in [-0.15, -0.1) is 0 Å². The smallest absolute Gasteiger partial charge is 0.246 e. The molecule has 4 heteroatoms. The number of allylic oxidation sites excluding steroid dienone is 4. The van der Waals surface area contributed by atoms with E-state index in [2.05, 4.69) is 171 Å². The molecule has 3 nitrogen and oxygen atoms in total. The van der Waals surface area contributed by atoms with E-state index in [0.717, 1.165) is 38.6 Å². The second-order valence-corrected chi connectivity index (χ2v) is 14.6. The van der Waals surface area contributed by atoms with Crippen LogP contribution in [-0.2, 0) is 0 Å². The van der Waals surface area contributed by atoms with Crippen LogP contribution in [0.3, 0.4) is 0 Å². The number of para-hydroxylation sites is 2. The quantitative estimate of drug-likeness (QED) is 0.155. The van der Waals surface area contributed by atoms with Gasteiger partial charge in [-0.2, -0.15) is 0 Å². The van der Waals surface area contributed by atoms with E-state index in [4.69, 9.17) is 14.4 Å². The van der Waals surface area contributed by atoms with Gasteiger partial charge in [-0.3, -0.25) is 0 Å². The Morgan fingerprint density at radius 2 is 1.09 bits per heavy atom. The lowest BCUT2D eigenvalue weighted by Gasteiger charge is -2.27. The Morgan fingerprint density at radius 3 is 1.82 bits per heavy atom. The van der Waals surface area contributed by atoms with E-state index in [-0.39, 0.29) is 6.71 Å². The van der Waals surface area contributed by atoms with E-state index in [0.29, 0.717) is 17.5 Å². The lowest BCUT2D eigenvalue weighted by atomic mass is 9.35. The van der Waals surface area contributed by atoms with Gasteiger partial charge < -0.3 is 4.42 Å². The minimum Gasteiger partial charge on any atom is -0.436 e. The number of benzene rings is 7. The summed E-state index contributed by atoms with van der Waals surface area (Å²) in [5, 5.41) is 0.973. The van der Waals surface area contributed by atoms with Crippen LogP contribution in [0.5, 0.6) is 0 Å². The molecule has 0 saturated heterocycles. The molecule has 260 valence electrons. The van der Waals surface area contributed by atoms with Gasteiger partial charge in [0.1, 0.15) is 11.1 Å². The van der Waals surface area contributed by atoms with Crippen molar-refractivity contribution in [1.29, 1.82) is 0 Å². The molecule has 2 heterocycles. The van der Waals surface area contributed by atoms with Crippen molar-refractivity contribution in [3.8, 4) is 33.4 Å². The number of furan rings is 1. The third kappa shape index (κ3) is 6.26. The van der Waals surface area contributed by atoms with Crippen molar-refractivity contribution >= 4 is 50.9 Å². The van der Waals surface area contributed by atoms with Gasteiger partial charge in [0, 0.05) is 11.3 Å². The molecule has 1 aliphatic carbocycles. The van der Waals surface area contributed by atoms with Crippen molar-refractivity contribution in [1.82, 2.24) is 9.97 Å². The summed E-state index contributed by atoms with van der Waals surface area (Å²) in [5.41, 5.74) is 16.2. The molecular formula is C51H37BN2O. The fourth-order valence-electron chi connectivity index (χ4n) is 8.28. The monoisotopic (exact) mass is 704 g/mol. The standard InChI is InChI=1S/C51H37BN2O/c1-34-31-44(28-29-45(34)39-13-6-3-7-14-39)52(42-26-23-36(24-27-42)35-11-4-2-5-12-35)43-16-10-15-40(32-43)37-19-21-38(22-20-37)41-25-30-49-46(33-41)50-51(55-49)54-48-18-9-8-17-47(48)53-50/h2-34,45H,1H3. The average molecular weight is 705 g/mol. The summed E-state index contributed by atoms with van der Waals surface area (Å²) < 4.78 is 6.11. The molecule has 0 fully saturated rings. The van der Waals surface area contributed by atoms with Gasteiger partial charge in [0.15, 0.2) is 0 Å². The molecule has 7 aromatic carbocycles. The zero-order valence-corrected chi connectivity index (χ0v) is 30.5. The van der Waals surface area contributed by atoms with Gasteiger partial charge in [0.2, 0.25) is 12.4 Å². The molecule has 2 aromatic heterocycles. The van der Waals surface area contributed by atoms with Gasteiger partial charge >= 0.3 is 0 Å². The van der Waals surface area contributed by atoms with Crippen molar-refractivity contribution in [2.24, 2.45) is 5.92 Å². The number of fused-ring (bicyclic) bond motifs is 4. The van der Waals surface area contributed by atoms with Crippen LogP contribution in [0.2, 0.25) is 0 Å². The summed E-state index contributed by atoms with van der Waals surface area (Å²) in [7, 11) is 0. The maximum absolute atomic E-state index is 6.11. The molecule has 2 atom stereocenters. The molecule has 9 aromatic rings. The fourth-order valence-corrected chi connectivity index (χ4v) is 8.28. The van der Waals surface area contributed by atoms with Gasteiger partial charge in [0.05, 0.1) is 11.0 Å². The SMILES string of the molecule is CC1C=C(B(c2ccc(-c3ccccc3)cc2)c2cccc(-c3ccc(-c4ccc5oc6nc7ccccc7nc6c5c4)cc3)c2)C=CC1c1ccccc1. The van der Waals surface area contributed by atoms with Crippen molar-refractivity contribution in [3.63, 3.8) is 0 Å². The third-order valence-corrected chi connectivity index (χ3v) is 11.1. The summed E-state index contributed by atoms with van der Waals surface area (Å²) >= 11 is 0. The first-order valence-corrected chi connectivity index (χ1v) is 19.0. The maximum atomic E-state index is 6.11. The second kappa shape index (κ2) is 13.9. The highest BCUT2D eigenvalue weighted by molar-refractivity contribution is 6.91. The first-order chi connectivity index (χ1) is 27.1. The van der Waals surface area contributed by atoms with Crippen LogP contribution in [0.1, 0.15) is 18.4 Å².